The lowest BCUT2D eigenvalue weighted by atomic mass is 10.1. The summed E-state index contributed by atoms with van der Waals surface area (Å²) in [7, 11) is 0. The summed E-state index contributed by atoms with van der Waals surface area (Å²) < 4.78 is 2.66. The predicted molar refractivity (Wildman–Crippen MR) is 93.8 cm³/mol. The van der Waals surface area contributed by atoms with E-state index in [1.54, 1.807) is 24.3 Å². The molecule has 2 aromatic heterocycles. The summed E-state index contributed by atoms with van der Waals surface area (Å²) in [5.41, 5.74) is 0.299. The van der Waals surface area contributed by atoms with Gasteiger partial charge in [0.15, 0.2) is 11.2 Å². The summed E-state index contributed by atoms with van der Waals surface area (Å²) in [6.45, 7) is 5.47. The summed E-state index contributed by atoms with van der Waals surface area (Å²) >= 11 is 5.88. The lowest BCUT2D eigenvalue weighted by Gasteiger charge is -2.20. The molecule has 3 rings (SSSR count). The first-order valence-corrected chi connectivity index (χ1v) is 8.00. The largest absolute Gasteiger partial charge is 0.350 e. The Morgan fingerprint density at radius 2 is 1.92 bits per heavy atom. The molecule has 25 heavy (non-hydrogen) atoms. The van der Waals surface area contributed by atoms with Gasteiger partial charge in [-0.1, -0.05) is 16.8 Å². The highest BCUT2D eigenvalue weighted by Gasteiger charge is 2.17. The van der Waals surface area contributed by atoms with E-state index in [-0.39, 0.29) is 23.5 Å². The second kappa shape index (κ2) is 6.29. The number of fused-ring (bicyclic) bond motifs is 1. The molecule has 0 aliphatic carbocycles. The maximum atomic E-state index is 12.5. The van der Waals surface area contributed by atoms with Crippen LogP contribution in [0.4, 0.5) is 0 Å². The van der Waals surface area contributed by atoms with Crippen LogP contribution in [-0.2, 0) is 11.3 Å². The molecule has 0 unspecified atom stereocenters. The van der Waals surface area contributed by atoms with Crippen LogP contribution in [0.15, 0.2) is 35.4 Å². The van der Waals surface area contributed by atoms with E-state index < -0.39 is 5.56 Å². The normalized spacial score (nSPS) is 11.7. The second-order valence-corrected chi connectivity index (χ2v) is 7.06. The Balaban J connectivity index is 1.95. The highest BCUT2D eigenvalue weighted by molar-refractivity contribution is 6.30. The first-order chi connectivity index (χ1) is 11.7. The lowest BCUT2D eigenvalue weighted by molar-refractivity contribution is -0.123. The van der Waals surface area contributed by atoms with Gasteiger partial charge in [0.2, 0.25) is 5.91 Å². The zero-order valence-electron chi connectivity index (χ0n) is 14.0. The van der Waals surface area contributed by atoms with Gasteiger partial charge in [-0.2, -0.15) is 4.68 Å². The van der Waals surface area contributed by atoms with E-state index in [1.807, 2.05) is 20.8 Å². The molecule has 9 heteroatoms. The molecule has 0 aliphatic heterocycles. The average Bonchev–Trinajstić information content (AvgIpc) is 2.94. The first kappa shape index (κ1) is 17.1. The molecule has 0 radical (unpaired) electrons. The Morgan fingerprint density at radius 1 is 1.24 bits per heavy atom. The minimum atomic E-state index is -0.422. The molecule has 0 atom stereocenters. The van der Waals surface area contributed by atoms with Gasteiger partial charge in [-0.05, 0) is 45.0 Å². The number of halogens is 1. The third-order valence-electron chi connectivity index (χ3n) is 3.33. The van der Waals surface area contributed by atoms with Crippen LogP contribution in [0, 0.1) is 0 Å². The smallest absolute Gasteiger partial charge is 0.284 e. The van der Waals surface area contributed by atoms with E-state index in [2.05, 4.69) is 20.6 Å². The van der Waals surface area contributed by atoms with Gasteiger partial charge in [0, 0.05) is 10.6 Å². The van der Waals surface area contributed by atoms with E-state index >= 15 is 0 Å². The first-order valence-electron chi connectivity index (χ1n) is 7.62. The van der Waals surface area contributed by atoms with Crippen LogP contribution in [-0.4, -0.2) is 36.0 Å². The Hall–Kier alpha value is -2.74. The number of benzene rings is 1. The maximum absolute atomic E-state index is 12.5. The van der Waals surface area contributed by atoms with Gasteiger partial charge in [0.1, 0.15) is 12.9 Å². The predicted octanol–water partition coefficient (Wildman–Crippen LogP) is 1.55. The van der Waals surface area contributed by atoms with Crippen molar-refractivity contribution in [3.8, 4) is 5.69 Å². The van der Waals surface area contributed by atoms with Crippen LogP contribution in [0.2, 0.25) is 5.02 Å². The van der Waals surface area contributed by atoms with E-state index in [0.717, 1.165) is 0 Å². The van der Waals surface area contributed by atoms with Crippen molar-refractivity contribution in [3.05, 3.63) is 46.0 Å². The van der Waals surface area contributed by atoms with E-state index in [0.29, 0.717) is 16.4 Å². The van der Waals surface area contributed by atoms with Crippen molar-refractivity contribution in [2.45, 2.75) is 32.9 Å². The number of nitrogens with zero attached hydrogens (tertiary/aromatic N) is 5. The molecule has 0 saturated heterocycles. The molecule has 3 aromatic rings. The molecule has 0 saturated carbocycles. The summed E-state index contributed by atoms with van der Waals surface area (Å²) in [6, 6.07) is 6.92. The molecule has 0 bridgehead atoms. The monoisotopic (exact) mass is 360 g/mol. The average molecular weight is 361 g/mol. The fourth-order valence-electron chi connectivity index (χ4n) is 2.33. The highest BCUT2D eigenvalue weighted by atomic mass is 35.5. The van der Waals surface area contributed by atoms with Crippen LogP contribution in [0.25, 0.3) is 16.9 Å². The zero-order valence-corrected chi connectivity index (χ0v) is 14.8. The lowest BCUT2D eigenvalue weighted by Crippen LogP contribution is -2.43. The zero-order chi connectivity index (χ0) is 18.2. The fraction of sp³-hybridized carbons (Fsp3) is 0.312. The van der Waals surface area contributed by atoms with Crippen molar-refractivity contribution in [1.82, 2.24) is 29.9 Å². The number of carbonyl (C=O) groups is 1. The number of hydrogen-bond donors (Lipinski definition) is 1. The van der Waals surface area contributed by atoms with Crippen molar-refractivity contribution < 1.29 is 4.79 Å². The van der Waals surface area contributed by atoms with Crippen LogP contribution in [0.1, 0.15) is 20.8 Å². The Bertz CT molecular complexity index is 985. The summed E-state index contributed by atoms with van der Waals surface area (Å²) in [6.07, 6.45) is 1.32. The van der Waals surface area contributed by atoms with Gasteiger partial charge >= 0.3 is 0 Å². The van der Waals surface area contributed by atoms with Gasteiger partial charge < -0.3 is 5.32 Å². The molecule has 0 spiro atoms. The van der Waals surface area contributed by atoms with E-state index in [9.17, 15) is 9.59 Å². The van der Waals surface area contributed by atoms with Gasteiger partial charge in [-0.25, -0.2) is 4.98 Å². The van der Waals surface area contributed by atoms with Crippen molar-refractivity contribution in [2.24, 2.45) is 0 Å². The molecule has 1 amide bonds. The summed E-state index contributed by atoms with van der Waals surface area (Å²) in [5, 5.41) is 11.3. The van der Waals surface area contributed by atoms with Gasteiger partial charge in [-0.3, -0.25) is 14.2 Å². The molecule has 130 valence electrons. The van der Waals surface area contributed by atoms with Crippen LogP contribution in [0.3, 0.4) is 0 Å². The topological polar surface area (TPSA) is 94.7 Å². The number of aromatic nitrogens is 5. The van der Waals surface area contributed by atoms with E-state index in [4.69, 9.17) is 11.6 Å². The van der Waals surface area contributed by atoms with Crippen LogP contribution < -0.4 is 10.9 Å². The van der Waals surface area contributed by atoms with Crippen LogP contribution >= 0.6 is 11.6 Å². The molecule has 0 fully saturated rings. The number of nitrogens with one attached hydrogen (secondary N) is 1. The third-order valence-corrected chi connectivity index (χ3v) is 3.58. The molecule has 8 nitrogen and oxygen atoms in total. The third kappa shape index (κ3) is 3.69. The van der Waals surface area contributed by atoms with Gasteiger partial charge in [0.25, 0.3) is 5.56 Å². The molecular formula is C16H17ClN6O2. The Kier molecular flexibility index (Phi) is 4.30. The number of amides is 1. The number of carbonyl (C=O) groups excluding carboxylic acids is 1. The van der Waals surface area contributed by atoms with E-state index in [1.165, 1.54) is 15.6 Å². The Labute approximate surface area is 148 Å². The fourth-order valence-corrected chi connectivity index (χ4v) is 2.45. The summed E-state index contributed by atoms with van der Waals surface area (Å²) in [5.74, 6) is -0.277. The molecular weight excluding hydrogens is 344 g/mol. The van der Waals surface area contributed by atoms with Crippen molar-refractivity contribution >= 4 is 28.7 Å². The SMILES string of the molecule is CC(C)(C)NC(=O)Cn1cnc2c(nnn2-c2ccc(Cl)cc2)c1=O. The van der Waals surface area contributed by atoms with Gasteiger partial charge in [-0.15, -0.1) is 5.10 Å². The van der Waals surface area contributed by atoms with Crippen LogP contribution in [0.5, 0.6) is 0 Å². The maximum Gasteiger partial charge on any atom is 0.284 e. The quantitative estimate of drug-likeness (QED) is 0.764. The molecule has 2 heterocycles. The standard InChI is InChI=1S/C16H17ClN6O2/c1-16(2,3)19-12(24)8-22-9-18-14-13(15(22)25)20-21-23(14)11-6-4-10(17)5-7-11/h4-7,9H,8H2,1-3H3,(H,19,24). The second-order valence-electron chi connectivity index (χ2n) is 6.63. The number of rotatable bonds is 3. The van der Waals surface area contributed by atoms with Crippen molar-refractivity contribution in [1.29, 1.82) is 0 Å². The molecule has 1 aromatic carbocycles. The minimum Gasteiger partial charge on any atom is -0.350 e. The highest BCUT2D eigenvalue weighted by Crippen LogP contribution is 2.15. The van der Waals surface area contributed by atoms with Gasteiger partial charge in [0.05, 0.1) is 5.69 Å². The summed E-state index contributed by atoms with van der Waals surface area (Å²) in [4.78, 5) is 28.8. The number of hydrogen-bond acceptors (Lipinski definition) is 5. The van der Waals surface area contributed by atoms with Crippen molar-refractivity contribution in [2.75, 3.05) is 0 Å². The molecule has 1 N–H and O–H groups in total. The minimum absolute atomic E-state index is 0.0982. The molecule has 0 aliphatic rings. The Morgan fingerprint density at radius 3 is 2.56 bits per heavy atom. The van der Waals surface area contributed by atoms with Crippen molar-refractivity contribution in [3.63, 3.8) is 0 Å².